The van der Waals surface area contributed by atoms with Gasteiger partial charge in [0.25, 0.3) is 5.56 Å². The van der Waals surface area contributed by atoms with Crippen LogP contribution in [0, 0.1) is 17.8 Å². The van der Waals surface area contributed by atoms with Crippen molar-refractivity contribution >= 4 is 16.7 Å². The molecule has 8 heteroatoms. The van der Waals surface area contributed by atoms with Crippen LogP contribution in [0.25, 0.3) is 10.8 Å². The second-order valence-electron chi connectivity index (χ2n) is 11.1. The number of aliphatic hydroxyl groups excluding tert-OH is 1. The lowest BCUT2D eigenvalue weighted by Crippen LogP contribution is -2.65. The Hall–Kier alpha value is -2.29. The van der Waals surface area contributed by atoms with Gasteiger partial charge in [-0.3, -0.25) is 9.59 Å². The van der Waals surface area contributed by atoms with Crippen LogP contribution in [0.15, 0.2) is 29.1 Å². The van der Waals surface area contributed by atoms with Gasteiger partial charge in [-0.15, -0.1) is 0 Å². The minimum absolute atomic E-state index is 0.00630. The monoisotopic (exact) mass is 469 g/mol. The zero-order chi connectivity index (χ0) is 24.3. The molecule has 0 spiro atoms. The van der Waals surface area contributed by atoms with E-state index in [-0.39, 0.29) is 47.3 Å². The lowest BCUT2D eigenvalue weighted by molar-refractivity contribution is -0.271. The highest BCUT2D eigenvalue weighted by atomic mass is 16.5. The maximum absolute atomic E-state index is 13.1. The maximum atomic E-state index is 13.1. The SMILES string of the molecule is CC1(C)O[C@@H](C2CCN(C(=O)Cc3n[nH]c(=O)c4ccccc34)CC2)C2CC1C[C@H](O)[C@@]2(C)O. The number of rotatable bonds is 3. The van der Waals surface area contributed by atoms with E-state index in [4.69, 9.17) is 4.74 Å². The molecule has 3 heterocycles. The summed E-state index contributed by atoms with van der Waals surface area (Å²) in [6.07, 6.45) is 2.25. The van der Waals surface area contributed by atoms with Crippen LogP contribution in [0.4, 0.5) is 0 Å². The van der Waals surface area contributed by atoms with E-state index in [1.165, 1.54) is 0 Å². The molecule has 5 rings (SSSR count). The third-order valence-electron chi connectivity index (χ3n) is 8.74. The number of hydrogen-bond donors (Lipinski definition) is 3. The van der Waals surface area contributed by atoms with Crippen LogP contribution in [0.1, 0.15) is 52.1 Å². The van der Waals surface area contributed by atoms with Crippen molar-refractivity contribution in [3.05, 3.63) is 40.3 Å². The highest BCUT2D eigenvalue weighted by Crippen LogP contribution is 2.52. The summed E-state index contributed by atoms with van der Waals surface area (Å²) in [4.78, 5) is 27.0. The average Bonchev–Trinajstić information content (AvgIpc) is 2.81. The Morgan fingerprint density at radius 3 is 2.56 bits per heavy atom. The first-order valence-electron chi connectivity index (χ1n) is 12.4. The largest absolute Gasteiger partial charge is 0.390 e. The van der Waals surface area contributed by atoms with E-state index in [0.29, 0.717) is 36.0 Å². The van der Waals surface area contributed by atoms with Crippen LogP contribution < -0.4 is 5.56 Å². The van der Waals surface area contributed by atoms with Gasteiger partial charge in [0.05, 0.1) is 40.9 Å². The van der Waals surface area contributed by atoms with Gasteiger partial charge in [-0.25, -0.2) is 5.10 Å². The van der Waals surface area contributed by atoms with Gasteiger partial charge in [0.15, 0.2) is 0 Å². The van der Waals surface area contributed by atoms with E-state index in [2.05, 4.69) is 24.0 Å². The van der Waals surface area contributed by atoms with Gasteiger partial charge in [-0.05, 0) is 64.4 Å². The molecule has 2 aromatic rings. The summed E-state index contributed by atoms with van der Waals surface area (Å²) >= 11 is 0. The van der Waals surface area contributed by atoms with Gasteiger partial charge in [-0.2, -0.15) is 5.10 Å². The lowest BCUT2D eigenvalue weighted by Gasteiger charge is -2.58. The summed E-state index contributed by atoms with van der Waals surface area (Å²) in [5, 5.41) is 29.7. The van der Waals surface area contributed by atoms with Crippen LogP contribution >= 0.6 is 0 Å². The second-order valence-corrected chi connectivity index (χ2v) is 11.1. The molecule has 34 heavy (non-hydrogen) atoms. The zero-order valence-corrected chi connectivity index (χ0v) is 20.2. The summed E-state index contributed by atoms with van der Waals surface area (Å²) < 4.78 is 6.60. The van der Waals surface area contributed by atoms with Crippen molar-refractivity contribution < 1.29 is 19.7 Å². The normalized spacial score (nSPS) is 33.7. The summed E-state index contributed by atoms with van der Waals surface area (Å²) in [5.41, 5.74) is -1.18. The number of H-pyrrole nitrogens is 1. The number of nitrogens with zero attached hydrogens (tertiary/aromatic N) is 2. The Balaban J connectivity index is 1.27. The number of aliphatic hydroxyl groups is 2. The number of carbonyl (C=O) groups excluding carboxylic acids is 1. The number of fused-ring (bicyclic) bond motifs is 3. The molecular formula is C26H35N3O5. The van der Waals surface area contributed by atoms with Gasteiger partial charge in [0, 0.05) is 24.4 Å². The second kappa shape index (κ2) is 8.43. The Kier molecular flexibility index (Phi) is 5.81. The van der Waals surface area contributed by atoms with Crippen LogP contribution in [-0.4, -0.2) is 67.7 Å². The van der Waals surface area contributed by atoms with Crippen molar-refractivity contribution in [3.8, 4) is 0 Å². The number of aromatic amines is 1. The van der Waals surface area contributed by atoms with E-state index in [1.807, 2.05) is 17.0 Å². The van der Waals surface area contributed by atoms with Crippen molar-refractivity contribution in [1.29, 1.82) is 0 Å². The topological polar surface area (TPSA) is 116 Å². The van der Waals surface area contributed by atoms with E-state index < -0.39 is 11.7 Å². The van der Waals surface area contributed by atoms with Crippen LogP contribution in [0.3, 0.4) is 0 Å². The number of hydrogen-bond acceptors (Lipinski definition) is 6. The molecule has 1 saturated carbocycles. The molecule has 1 aromatic heterocycles. The molecule has 2 bridgehead atoms. The lowest BCUT2D eigenvalue weighted by atomic mass is 9.60. The molecule has 2 aliphatic heterocycles. The quantitative estimate of drug-likeness (QED) is 0.634. The Morgan fingerprint density at radius 1 is 1.18 bits per heavy atom. The van der Waals surface area contributed by atoms with Crippen molar-refractivity contribution in [3.63, 3.8) is 0 Å². The number of carbonyl (C=O) groups is 1. The van der Waals surface area contributed by atoms with Gasteiger partial charge in [0.1, 0.15) is 0 Å². The fourth-order valence-electron chi connectivity index (χ4n) is 6.42. The predicted molar refractivity (Wildman–Crippen MR) is 127 cm³/mol. The van der Waals surface area contributed by atoms with E-state index >= 15 is 0 Å². The number of likely N-dealkylation sites (tertiary alicyclic amines) is 1. The van der Waals surface area contributed by atoms with Crippen LogP contribution in [0.5, 0.6) is 0 Å². The third-order valence-corrected chi connectivity index (χ3v) is 8.74. The third kappa shape index (κ3) is 3.95. The van der Waals surface area contributed by atoms with Crippen molar-refractivity contribution in [2.24, 2.45) is 17.8 Å². The predicted octanol–water partition coefficient (Wildman–Crippen LogP) is 2.02. The summed E-state index contributed by atoms with van der Waals surface area (Å²) in [6, 6.07) is 7.21. The summed E-state index contributed by atoms with van der Waals surface area (Å²) in [5.74, 6) is 0.329. The molecule has 1 aliphatic carbocycles. The number of amides is 1. The molecule has 8 nitrogen and oxygen atoms in total. The molecule has 3 aliphatic rings. The van der Waals surface area contributed by atoms with Gasteiger partial charge in [0.2, 0.25) is 5.91 Å². The summed E-state index contributed by atoms with van der Waals surface area (Å²) in [7, 11) is 0. The van der Waals surface area contributed by atoms with E-state index in [1.54, 1.807) is 19.1 Å². The number of aromatic nitrogens is 2. The van der Waals surface area contributed by atoms with Crippen LogP contribution in [-0.2, 0) is 16.0 Å². The fraction of sp³-hybridized carbons (Fsp3) is 0.654. The summed E-state index contributed by atoms with van der Waals surface area (Å²) in [6.45, 7) is 7.16. The highest BCUT2D eigenvalue weighted by molar-refractivity contribution is 5.88. The number of piperidine rings is 1. The number of benzene rings is 1. The first-order chi connectivity index (χ1) is 16.1. The molecule has 1 amide bonds. The number of ether oxygens (including phenoxy) is 1. The Bertz CT molecular complexity index is 1130. The standard InChI is InChI=1S/C26H35N3O5/c1-25(2)16-12-19(26(3,33)21(30)13-16)23(34-25)15-8-10-29(11-9-15)22(31)14-20-17-6-4-5-7-18(17)24(32)28-27-20/h4-7,15-16,19,21,23,30,33H,8-14H2,1-3H3,(H,28,32)/t16?,19?,21-,23-,26-/m0/s1. The Morgan fingerprint density at radius 2 is 1.85 bits per heavy atom. The molecule has 2 unspecified atom stereocenters. The molecule has 1 aromatic carbocycles. The van der Waals surface area contributed by atoms with Crippen molar-refractivity contribution in [1.82, 2.24) is 15.1 Å². The minimum atomic E-state index is -1.17. The minimum Gasteiger partial charge on any atom is -0.390 e. The van der Waals surface area contributed by atoms with E-state index in [9.17, 15) is 19.8 Å². The number of nitrogens with one attached hydrogen (secondary N) is 1. The fourth-order valence-corrected chi connectivity index (χ4v) is 6.42. The first kappa shape index (κ1) is 23.5. The van der Waals surface area contributed by atoms with Crippen molar-refractivity contribution in [2.45, 2.75) is 76.3 Å². The van der Waals surface area contributed by atoms with E-state index in [0.717, 1.165) is 19.3 Å². The molecule has 5 atom stereocenters. The molecule has 3 fully saturated rings. The first-order valence-corrected chi connectivity index (χ1v) is 12.4. The smallest absolute Gasteiger partial charge is 0.272 e. The zero-order valence-electron chi connectivity index (χ0n) is 20.2. The average molecular weight is 470 g/mol. The maximum Gasteiger partial charge on any atom is 0.272 e. The van der Waals surface area contributed by atoms with Crippen molar-refractivity contribution in [2.75, 3.05) is 13.1 Å². The van der Waals surface area contributed by atoms with Gasteiger partial charge < -0.3 is 19.8 Å². The van der Waals surface area contributed by atoms with Gasteiger partial charge in [-0.1, -0.05) is 18.2 Å². The van der Waals surface area contributed by atoms with Gasteiger partial charge >= 0.3 is 0 Å². The molecular weight excluding hydrogens is 434 g/mol. The highest BCUT2D eigenvalue weighted by Gasteiger charge is 2.57. The molecule has 2 saturated heterocycles. The molecule has 0 radical (unpaired) electrons. The Labute approximate surface area is 199 Å². The van der Waals surface area contributed by atoms with Crippen LogP contribution in [0.2, 0.25) is 0 Å². The molecule has 184 valence electrons. The molecule has 3 N–H and O–H groups in total.